The molecule has 0 radical (unpaired) electrons. The van der Waals surface area contributed by atoms with E-state index in [4.69, 9.17) is 9.47 Å². The SMILES string of the molecule is CCCCN1C(=O)C(=O)/C(=C(\O)c2cccc(OCC(C)C)c2)C1c1ccc(OC)c(O)c1. The zero-order chi connectivity index (χ0) is 24.1. The summed E-state index contributed by atoms with van der Waals surface area (Å²) in [5, 5.41) is 21.5. The second kappa shape index (κ2) is 10.4. The Bertz CT molecular complexity index is 1060. The van der Waals surface area contributed by atoms with Crippen LogP contribution in [0.1, 0.15) is 50.8 Å². The Morgan fingerprint density at radius 3 is 2.55 bits per heavy atom. The molecule has 1 unspecified atom stereocenters. The summed E-state index contributed by atoms with van der Waals surface area (Å²) in [5.74, 6) is -0.641. The lowest BCUT2D eigenvalue weighted by atomic mass is 9.95. The van der Waals surface area contributed by atoms with E-state index in [1.54, 1.807) is 36.4 Å². The molecule has 1 atom stereocenters. The fourth-order valence-electron chi connectivity index (χ4n) is 3.81. The molecule has 1 fully saturated rings. The first-order valence-corrected chi connectivity index (χ1v) is 11.2. The Hall–Kier alpha value is -3.48. The number of aliphatic hydroxyl groups is 1. The van der Waals surface area contributed by atoms with Crippen LogP contribution in [0.25, 0.3) is 5.76 Å². The molecule has 0 bridgehead atoms. The Kier molecular flexibility index (Phi) is 7.63. The minimum Gasteiger partial charge on any atom is -0.507 e. The Balaban J connectivity index is 2.11. The number of ketones is 1. The smallest absolute Gasteiger partial charge is 0.295 e. The number of likely N-dealkylation sites (tertiary alicyclic amines) is 1. The normalized spacial score (nSPS) is 17.6. The molecule has 1 amide bonds. The number of rotatable bonds is 9. The predicted molar refractivity (Wildman–Crippen MR) is 125 cm³/mol. The van der Waals surface area contributed by atoms with E-state index in [1.807, 2.05) is 20.8 Å². The van der Waals surface area contributed by atoms with Crippen LogP contribution < -0.4 is 9.47 Å². The first-order chi connectivity index (χ1) is 15.8. The van der Waals surface area contributed by atoms with Crippen LogP contribution in [0.15, 0.2) is 48.0 Å². The van der Waals surface area contributed by atoms with Gasteiger partial charge >= 0.3 is 0 Å². The van der Waals surface area contributed by atoms with Gasteiger partial charge in [0, 0.05) is 12.1 Å². The summed E-state index contributed by atoms with van der Waals surface area (Å²) in [6.45, 7) is 6.93. The maximum atomic E-state index is 13.1. The molecule has 2 aromatic carbocycles. The minimum absolute atomic E-state index is 0.0123. The number of Topliss-reactive ketones (excluding diaryl/α,β-unsaturated/α-hetero) is 1. The number of ether oxygens (including phenoxy) is 2. The van der Waals surface area contributed by atoms with Crippen LogP contribution in [0.3, 0.4) is 0 Å². The van der Waals surface area contributed by atoms with Gasteiger partial charge in [-0.1, -0.05) is 45.4 Å². The van der Waals surface area contributed by atoms with Gasteiger partial charge in [-0.05, 0) is 42.2 Å². The van der Waals surface area contributed by atoms with Gasteiger partial charge in [-0.15, -0.1) is 0 Å². The van der Waals surface area contributed by atoms with Gasteiger partial charge < -0.3 is 24.6 Å². The maximum absolute atomic E-state index is 13.1. The van der Waals surface area contributed by atoms with E-state index in [1.165, 1.54) is 18.1 Å². The second-order valence-electron chi connectivity index (χ2n) is 8.51. The fourth-order valence-corrected chi connectivity index (χ4v) is 3.81. The van der Waals surface area contributed by atoms with Gasteiger partial charge in [0.15, 0.2) is 11.5 Å². The van der Waals surface area contributed by atoms with Crippen LogP contribution in [0, 0.1) is 5.92 Å². The third kappa shape index (κ3) is 5.13. The Morgan fingerprint density at radius 2 is 1.91 bits per heavy atom. The zero-order valence-electron chi connectivity index (χ0n) is 19.5. The van der Waals surface area contributed by atoms with E-state index in [0.29, 0.717) is 42.4 Å². The minimum atomic E-state index is -0.825. The van der Waals surface area contributed by atoms with Gasteiger partial charge in [0.05, 0.1) is 25.3 Å². The molecular weight excluding hydrogens is 422 g/mol. The number of benzene rings is 2. The average Bonchev–Trinajstić information content (AvgIpc) is 3.05. The third-order valence-electron chi connectivity index (χ3n) is 5.50. The Labute approximate surface area is 194 Å². The highest BCUT2D eigenvalue weighted by atomic mass is 16.5. The van der Waals surface area contributed by atoms with Gasteiger partial charge in [0.2, 0.25) is 0 Å². The number of aromatic hydroxyl groups is 1. The summed E-state index contributed by atoms with van der Waals surface area (Å²) in [5.41, 5.74) is 0.881. The van der Waals surface area contributed by atoms with Gasteiger partial charge in [-0.25, -0.2) is 0 Å². The number of aliphatic hydroxyl groups excluding tert-OH is 1. The molecule has 2 N–H and O–H groups in total. The molecule has 0 spiro atoms. The highest BCUT2D eigenvalue weighted by Gasteiger charge is 2.46. The van der Waals surface area contributed by atoms with E-state index in [0.717, 1.165) is 6.42 Å². The van der Waals surface area contributed by atoms with Crippen LogP contribution in [-0.4, -0.2) is 47.1 Å². The molecule has 176 valence electrons. The number of phenols is 1. The van der Waals surface area contributed by atoms with Crippen molar-refractivity contribution in [2.45, 2.75) is 39.7 Å². The van der Waals surface area contributed by atoms with Crippen LogP contribution in [-0.2, 0) is 9.59 Å². The first-order valence-electron chi connectivity index (χ1n) is 11.2. The second-order valence-corrected chi connectivity index (χ2v) is 8.51. The Morgan fingerprint density at radius 1 is 1.15 bits per heavy atom. The molecule has 1 heterocycles. The number of carbonyl (C=O) groups is 2. The number of hydrogen-bond acceptors (Lipinski definition) is 6. The van der Waals surface area contributed by atoms with Crippen LogP contribution >= 0.6 is 0 Å². The first kappa shape index (κ1) is 24.2. The standard InChI is InChI=1S/C26H31NO6/c1-5-6-12-27-23(17-10-11-21(32-4)20(28)14-17)22(25(30)26(27)31)24(29)18-8-7-9-19(13-18)33-15-16(2)3/h7-11,13-14,16,23,28-29H,5-6,12,15H2,1-4H3/b24-22-. The molecule has 1 aliphatic rings. The average molecular weight is 454 g/mol. The molecule has 0 aliphatic carbocycles. The highest BCUT2D eigenvalue weighted by Crippen LogP contribution is 2.42. The van der Waals surface area contributed by atoms with Gasteiger partial charge in [-0.2, -0.15) is 0 Å². The van der Waals surface area contributed by atoms with Crippen molar-refractivity contribution in [1.82, 2.24) is 4.90 Å². The van der Waals surface area contributed by atoms with Gasteiger partial charge in [-0.3, -0.25) is 9.59 Å². The number of amides is 1. The van der Waals surface area contributed by atoms with Crippen molar-refractivity contribution in [2.24, 2.45) is 5.92 Å². The highest BCUT2D eigenvalue weighted by molar-refractivity contribution is 6.46. The molecule has 0 saturated carbocycles. The zero-order valence-corrected chi connectivity index (χ0v) is 19.5. The quantitative estimate of drug-likeness (QED) is 0.326. The van der Waals surface area contributed by atoms with Crippen molar-refractivity contribution >= 4 is 17.4 Å². The van der Waals surface area contributed by atoms with Crippen molar-refractivity contribution in [1.29, 1.82) is 0 Å². The van der Waals surface area contributed by atoms with E-state index < -0.39 is 17.7 Å². The molecule has 3 rings (SSSR count). The maximum Gasteiger partial charge on any atom is 0.295 e. The van der Waals surface area contributed by atoms with E-state index in [9.17, 15) is 19.8 Å². The molecule has 7 nitrogen and oxygen atoms in total. The number of nitrogens with zero attached hydrogens (tertiary/aromatic N) is 1. The lowest BCUT2D eigenvalue weighted by Crippen LogP contribution is -2.30. The van der Waals surface area contributed by atoms with Gasteiger partial charge in [0.25, 0.3) is 11.7 Å². The fraction of sp³-hybridized carbons (Fsp3) is 0.385. The summed E-state index contributed by atoms with van der Waals surface area (Å²) < 4.78 is 10.9. The molecular formula is C26H31NO6. The van der Waals surface area contributed by atoms with Crippen molar-refractivity contribution < 1.29 is 29.3 Å². The molecule has 7 heteroatoms. The lowest BCUT2D eigenvalue weighted by molar-refractivity contribution is -0.139. The summed E-state index contributed by atoms with van der Waals surface area (Å²) in [7, 11) is 1.44. The summed E-state index contributed by atoms with van der Waals surface area (Å²) in [6.07, 6.45) is 1.53. The summed E-state index contributed by atoms with van der Waals surface area (Å²) in [6, 6.07) is 10.7. The number of hydrogen-bond donors (Lipinski definition) is 2. The van der Waals surface area contributed by atoms with Crippen molar-refractivity contribution in [3.8, 4) is 17.2 Å². The molecule has 1 aliphatic heterocycles. The molecule has 0 aromatic heterocycles. The number of phenolic OH excluding ortho intramolecular Hbond substituents is 1. The molecule has 2 aromatic rings. The number of carbonyl (C=O) groups excluding carboxylic acids is 2. The monoisotopic (exact) mass is 453 g/mol. The number of methoxy groups -OCH3 is 1. The predicted octanol–water partition coefficient (Wildman–Crippen LogP) is 4.66. The van der Waals surface area contributed by atoms with Crippen LogP contribution in [0.4, 0.5) is 0 Å². The van der Waals surface area contributed by atoms with E-state index in [-0.39, 0.29) is 22.8 Å². The largest absolute Gasteiger partial charge is 0.507 e. The van der Waals surface area contributed by atoms with Crippen molar-refractivity contribution in [3.63, 3.8) is 0 Å². The molecule has 33 heavy (non-hydrogen) atoms. The van der Waals surface area contributed by atoms with Crippen LogP contribution in [0.5, 0.6) is 17.2 Å². The summed E-state index contributed by atoms with van der Waals surface area (Å²) >= 11 is 0. The van der Waals surface area contributed by atoms with Crippen molar-refractivity contribution in [3.05, 3.63) is 59.2 Å². The summed E-state index contributed by atoms with van der Waals surface area (Å²) in [4.78, 5) is 27.4. The van der Waals surface area contributed by atoms with E-state index in [2.05, 4.69) is 0 Å². The molecule has 1 saturated heterocycles. The third-order valence-corrected chi connectivity index (χ3v) is 5.50. The number of unbranched alkanes of at least 4 members (excludes halogenated alkanes) is 1. The lowest BCUT2D eigenvalue weighted by Gasteiger charge is -2.25. The van der Waals surface area contributed by atoms with Crippen LogP contribution in [0.2, 0.25) is 0 Å². The topological polar surface area (TPSA) is 96.3 Å². The van der Waals surface area contributed by atoms with Gasteiger partial charge in [0.1, 0.15) is 11.5 Å². The van der Waals surface area contributed by atoms with Crippen molar-refractivity contribution in [2.75, 3.05) is 20.3 Å². The van der Waals surface area contributed by atoms with E-state index >= 15 is 0 Å².